The van der Waals surface area contributed by atoms with E-state index in [0.29, 0.717) is 0 Å². The van der Waals surface area contributed by atoms with Crippen LogP contribution in [-0.4, -0.2) is 24.5 Å². The van der Waals surface area contributed by atoms with E-state index < -0.39 is 58.9 Å². The van der Waals surface area contributed by atoms with Gasteiger partial charge in [0.25, 0.3) is 21.6 Å². The van der Waals surface area contributed by atoms with Crippen molar-refractivity contribution in [3.05, 3.63) is 0 Å². The number of ether oxygens (including phenoxy) is 2. The molecular weight excluding hydrogens is 327 g/mol. The van der Waals surface area contributed by atoms with Crippen LogP contribution < -0.4 is 18.6 Å². The molecule has 0 rings (SSSR count). The summed E-state index contributed by atoms with van der Waals surface area (Å²) in [5.74, 6) is -1.79. The molecule has 0 bridgehead atoms. The van der Waals surface area contributed by atoms with Gasteiger partial charge in [-0.25, -0.2) is 0 Å². The minimum Gasteiger partial charge on any atom is -0.425 e. The third kappa shape index (κ3) is 11.1. The molecule has 12 heteroatoms. The maximum atomic E-state index is 11.2. The summed E-state index contributed by atoms with van der Waals surface area (Å²) in [5.41, 5.74) is 0. The molecule has 2 atom stereocenters. The molecule has 0 saturated carbocycles. The summed E-state index contributed by atoms with van der Waals surface area (Å²) in [6.45, 7) is 2.32. The van der Waals surface area contributed by atoms with Crippen LogP contribution in [0.25, 0.3) is 0 Å². The van der Waals surface area contributed by atoms with Crippen LogP contribution in [0.3, 0.4) is 0 Å². The quantitative estimate of drug-likeness (QED) is 0.297. The molecule has 0 aromatic rings. The Morgan fingerprint density at radius 1 is 0.850 bits per heavy atom. The van der Waals surface area contributed by atoms with Crippen LogP contribution in [0.5, 0.6) is 0 Å². The molecule has 0 aliphatic heterocycles. The lowest BCUT2D eigenvalue weighted by atomic mass is 10.3. The highest BCUT2D eigenvalue weighted by Crippen LogP contribution is 2.04. The van der Waals surface area contributed by atoms with Crippen LogP contribution in [-0.2, 0) is 27.6 Å². The first-order chi connectivity index (χ1) is 9.20. The van der Waals surface area contributed by atoms with Crippen molar-refractivity contribution in [2.24, 2.45) is 0 Å². The molecule has 0 saturated heterocycles. The lowest BCUT2D eigenvalue weighted by Gasteiger charge is -2.08. The Morgan fingerprint density at radius 2 is 1.15 bits per heavy atom. The highest BCUT2D eigenvalue weighted by atomic mass is 35.6. The van der Waals surface area contributed by atoms with Gasteiger partial charge < -0.3 is 28.1 Å². The molecule has 0 amide bonds. The molecule has 20 heavy (non-hydrogen) atoms. The number of hydrogen-bond acceptors (Lipinski definition) is 10. The number of carbonyl (C=O) groups excluding carboxylic acids is 2. The molecule has 0 spiro atoms. The number of carbonyl (C=O) groups is 2. The first kappa shape index (κ1) is 19.3. The number of rotatable bonds is 9. The molecule has 0 aromatic heterocycles. The maximum Gasteiger partial charge on any atom is 0.309 e. The van der Waals surface area contributed by atoms with E-state index in [1.807, 2.05) is 0 Å². The van der Waals surface area contributed by atoms with Crippen LogP contribution in [0.15, 0.2) is 0 Å². The summed E-state index contributed by atoms with van der Waals surface area (Å²) < 4.78 is 57.4. The van der Waals surface area contributed by atoms with E-state index in [2.05, 4.69) is 18.1 Å². The molecule has 0 aliphatic rings. The van der Waals surface area contributed by atoms with Crippen molar-refractivity contribution >= 4 is 11.9 Å². The standard InChI is InChI=1S/C8H12Cl2O10/c1-5(19-9(13)14)17-7(11)3-4-8(12)18-6(2)20-10(15)16/h5-6H,3-4H2,1-2H3. The van der Waals surface area contributed by atoms with Gasteiger partial charge in [0.2, 0.25) is 0 Å². The number of hydrogen-bond donors (Lipinski definition) is 0. The fourth-order valence-corrected chi connectivity index (χ4v) is 1.42. The first-order valence-electron chi connectivity index (χ1n) is 5.05. The van der Waals surface area contributed by atoms with E-state index >= 15 is 0 Å². The number of halogens is 2. The van der Waals surface area contributed by atoms with Crippen molar-refractivity contribution in [2.45, 2.75) is 39.3 Å². The summed E-state index contributed by atoms with van der Waals surface area (Å²) in [7, 11) is -5.02. The van der Waals surface area contributed by atoms with Crippen molar-refractivity contribution in [2.75, 3.05) is 0 Å². The lowest BCUT2D eigenvalue weighted by Crippen LogP contribution is -2.38. The van der Waals surface area contributed by atoms with Gasteiger partial charge in [0.15, 0.2) is 0 Å². The van der Waals surface area contributed by atoms with Gasteiger partial charge >= 0.3 is 24.5 Å². The molecule has 0 aliphatic carbocycles. The van der Waals surface area contributed by atoms with E-state index in [0.717, 1.165) is 13.8 Å². The Kier molecular flexibility index (Phi) is 9.71. The minimum atomic E-state index is -2.51. The topological polar surface area (TPSA) is 163 Å². The second-order valence-electron chi connectivity index (χ2n) is 3.17. The van der Waals surface area contributed by atoms with Gasteiger partial charge in [-0.15, -0.1) is 0 Å². The lowest BCUT2D eigenvalue weighted by molar-refractivity contribution is -1.63. The Morgan fingerprint density at radius 3 is 1.40 bits per heavy atom. The minimum absolute atomic E-state index is 0.405. The summed E-state index contributed by atoms with van der Waals surface area (Å²) >= 11 is 0. The average Bonchev–Trinajstić information content (AvgIpc) is 2.23. The zero-order chi connectivity index (χ0) is 15.7. The van der Waals surface area contributed by atoms with Gasteiger partial charge in [-0.2, -0.15) is 0 Å². The number of esters is 2. The van der Waals surface area contributed by atoms with Crippen LogP contribution in [0.2, 0.25) is 0 Å². The van der Waals surface area contributed by atoms with E-state index in [1.54, 1.807) is 0 Å². The molecule has 0 fully saturated rings. The van der Waals surface area contributed by atoms with Gasteiger partial charge in [0.05, 0.1) is 21.4 Å². The summed E-state index contributed by atoms with van der Waals surface area (Å²) in [6, 6.07) is 0. The van der Waals surface area contributed by atoms with Gasteiger partial charge in [-0.1, -0.05) is 0 Å². The molecule has 0 radical (unpaired) electrons. The zero-order valence-corrected chi connectivity index (χ0v) is 11.9. The van der Waals surface area contributed by atoms with E-state index in [4.69, 9.17) is 0 Å². The largest absolute Gasteiger partial charge is 0.425 e. The molecule has 0 aromatic carbocycles. The molecular formula is C8H12Cl2O10. The van der Waals surface area contributed by atoms with Crippen molar-refractivity contribution in [3.8, 4) is 0 Å². The Hall–Kier alpha value is -0.720. The monoisotopic (exact) mass is 338 g/mol. The average molecular weight is 339 g/mol. The molecule has 2 unspecified atom stereocenters. The van der Waals surface area contributed by atoms with Crippen LogP contribution in [0.4, 0.5) is 0 Å². The Balaban J connectivity index is 3.86. The predicted molar refractivity (Wildman–Crippen MR) is 42.5 cm³/mol. The molecule has 0 heterocycles. The smallest absolute Gasteiger partial charge is 0.309 e. The van der Waals surface area contributed by atoms with Crippen LogP contribution >= 0.6 is 0 Å². The SMILES string of the molecule is CC(OC(=O)CCC(=O)OC(C)O[Cl+2]([O-])[O-])O[Cl+2]([O-])[O-]. The van der Waals surface area contributed by atoms with Gasteiger partial charge in [-0.05, 0) is 0 Å². The Labute approximate surface area is 120 Å². The van der Waals surface area contributed by atoms with E-state index in [9.17, 15) is 28.2 Å². The van der Waals surface area contributed by atoms with E-state index in [-0.39, 0.29) is 0 Å². The summed E-state index contributed by atoms with van der Waals surface area (Å²) in [6.07, 6.45) is -3.48. The summed E-state index contributed by atoms with van der Waals surface area (Å²) in [4.78, 5) is 22.3. The predicted octanol–water partition coefficient (Wildman–Crippen LogP) is -4.25. The fraction of sp³-hybridized carbons (Fsp3) is 0.750. The van der Waals surface area contributed by atoms with Crippen molar-refractivity contribution in [1.82, 2.24) is 0 Å². The maximum absolute atomic E-state index is 11.2. The normalized spacial score (nSPS) is 14.2. The molecule has 118 valence electrons. The van der Waals surface area contributed by atoms with Crippen LogP contribution in [0.1, 0.15) is 26.7 Å². The molecule has 10 nitrogen and oxygen atoms in total. The van der Waals surface area contributed by atoms with Gasteiger partial charge in [-0.3, -0.25) is 9.59 Å². The highest BCUT2D eigenvalue weighted by Gasteiger charge is 2.23. The molecule has 0 N–H and O–H groups in total. The Bertz CT molecular complexity index is 280. The highest BCUT2D eigenvalue weighted by molar-refractivity contribution is 5.77. The van der Waals surface area contributed by atoms with Crippen molar-refractivity contribution in [3.63, 3.8) is 0 Å². The second kappa shape index (κ2) is 10.1. The summed E-state index contributed by atoms with van der Waals surface area (Å²) in [5, 5.41) is 0. The van der Waals surface area contributed by atoms with Gasteiger partial charge in [0, 0.05) is 13.8 Å². The van der Waals surface area contributed by atoms with Crippen LogP contribution in [0, 0.1) is 21.6 Å². The zero-order valence-electron chi connectivity index (χ0n) is 10.4. The van der Waals surface area contributed by atoms with E-state index in [1.165, 1.54) is 0 Å². The first-order valence-corrected chi connectivity index (χ1v) is 6.90. The third-order valence-corrected chi connectivity index (χ3v) is 2.32. The fourth-order valence-electron chi connectivity index (χ4n) is 0.933. The van der Waals surface area contributed by atoms with Crippen molar-refractivity contribution < 1.29 is 67.8 Å². The second-order valence-corrected chi connectivity index (χ2v) is 4.28. The third-order valence-electron chi connectivity index (χ3n) is 1.52. The van der Waals surface area contributed by atoms with Gasteiger partial charge in [0.1, 0.15) is 0 Å². The van der Waals surface area contributed by atoms with Crippen molar-refractivity contribution in [1.29, 1.82) is 0 Å².